The Morgan fingerprint density at radius 3 is 2.44 bits per heavy atom. The number of carbonyl (C=O) groups is 2. The number of Topliss-reactive ketones (excluding diaryl/α,β-unsaturated/α-hetero) is 1. The van der Waals surface area contributed by atoms with Gasteiger partial charge in [0.15, 0.2) is 5.78 Å². The first kappa shape index (κ1) is 26.8. The molecule has 1 aliphatic carbocycles. The average molecular weight is 526 g/mol. The minimum absolute atomic E-state index is 0.00904. The zero-order valence-electron chi connectivity index (χ0n) is 23.3. The quantitative estimate of drug-likeness (QED) is 0.291. The third-order valence-corrected chi connectivity index (χ3v) is 8.06. The van der Waals surface area contributed by atoms with Crippen LogP contribution in [0.1, 0.15) is 82.6 Å². The van der Waals surface area contributed by atoms with Gasteiger partial charge in [-0.3, -0.25) is 14.5 Å². The number of furan rings is 1. The standard InChI is InChI=1S/C33H39N3O3/c1-4-7-8-15-31(38)36-28-13-10-9-12-26(28)34-27-21-24(23-16-18-25(19-17-23)35(5-2)6-3)22-29(37)32(27)33(36)30-14-11-20-39-30/h9-14,16-20,24,33-34H,4-8,15,21-22H2,1-3H3/t24-,33-/m1/s1. The number of nitrogens with one attached hydrogen (secondary N) is 1. The Morgan fingerprint density at radius 1 is 0.974 bits per heavy atom. The highest BCUT2D eigenvalue weighted by Gasteiger charge is 2.42. The van der Waals surface area contributed by atoms with E-state index in [-0.39, 0.29) is 17.6 Å². The molecule has 2 aromatic carbocycles. The third-order valence-electron chi connectivity index (χ3n) is 8.06. The number of hydrogen-bond acceptors (Lipinski definition) is 5. The van der Waals surface area contributed by atoms with E-state index in [0.717, 1.165) is 55.0 Å². The lowest BCUT2D eigenvalue weighted by Crippen LogP contribution is -2.38. The summed E-state index contributed by atoms with van der Waals surface area (Å²) in [7, 11) is 0. The molecule has 1 N–H and O–H groups in total. The van der Waals surface area contributed by atoms with Gasteiger partial charge in [-0.1, -0.05) is 44.0 Å². The van der Waals surface area contributed by atoms with Crippen LogP contribution in [0.3, 0.4) is 0 Å². The summed E-state index contributed by atoms with van der Waals surface area (Å²) in [5.41, 5.74) is 5.49. The summed E-state index contributed by atoms with van der Waals surface area (Å²) in [6, 6.07) is 19.6. The highest BCUT2D eigenvalue weighted by atomic mass is 16.3. The van der Waals surface area contributed by atoms with E-state index in [2.05, 4.69) is 55.3 Å². The molecule has 2 aliphatic rings. The molecule has 5 rings (SSSR count). The first-order valence-corrected chi connectivity index (χ1v) is 14.4. The number of carbonyl (C=O) groups excluding carboxylic acids is 2. The van der Waals surface area contributed by atoms with Crippen LogP contribution < -0.4 is 15.1 Å². The minimum Gasteiger partial charge on any atom is -0.467 e. The summed E-state index contributed by atoms with van der Waals surface area (Å²) in [6.45, 7) is 8.37. The molecule has 3 aromatic rings. The predicted octanol–water partition coefficient (Wildman–Crippen LogP) is 7.61. The van der Waals surface area contributed by atoms with E-state index in [1.807, 2.05) is 36.4 Å². The predicted molar refractivity (Wildman–Crippen MR) is 157 cm³/mol. The molecule has 6 heteroatoms. The number of para-hydroxylation sites is 2. The van der Waals surface area contributed by atoms with Crippen molar-refractivity contribution in [3.05, 3.63) is 89.5 Å². The molecule has 2 atom stereocenters. The third kappa shape index (κ3) is 5.38. The molecule has 0 spiro atoms. The Morgan fingerprint density at radius 2 is 1.74 bits per heavy atom. The molecule has 0 saturated heterocycles. The number of fused-ring (bicyclic) bond motifs is 1. The molecule has 0 unspecified atom stereocenters. The summed E-state index contributed by atoms with van der Waals surface area (Å²) >= 11 is 0. The Balaban J connectivity index is 1.55. The van der Waals surface area contributed by atoms with Crippen LogP contribution in [0.4, 0.5) is 17.1 Å². The van der Waals surface area contributed by atoms with Gasteiger partial charge in [-0.2, -0.15) is 0 Å². The molecule has 1 amide bonds. The number of rotatable bonds is 9. The van der Waals surface area contributed by atoms with E-state index in [1.165, 1.54) is 5.69 Å². The Labute approximate surface area is 231 Å². The van der Waals surface area contributed by atoms with Crippen molar-refractivity contribution in [1.82, 2.24) is 0 Å². The van der Waals surface area contributed by atoms with Crippen LogP contribution in [0, 0.1) is 0 Å². The van der Waals surface area contributed by atoms with Crippen molar-refractivity contribution >= 4 is 28.8 Å². The summed E-state index contributed by atoms with van der Waals surface area (Å²) in [5.74, 6) is 0.739. The Kier molecular flexibility index (Phi) is 8.20. The van der Waals surface area contributed by atoms with E-state index < -0.39 is 6.04 Å². The lowest BCUT2D eigenvalue weighted by Gasteiger charge is -2.34. The van der Waals surface area contributed by atoms with Crippen LogP contribution in [0.15, 0.2) is 82.6 Å². The van der Waals surface area contributed by atoms with Crippen molar-refractivity contribution in [3.63, 3.8) is 0 Å². The van der Waals surface area contributed by atoms with E-state index in [1.54, 1.807) is 11.2 Å². The molecular formula is C33H39N3O3. The first-order valence-electron chi connectivity index (χ1n) is 14.4. The van der Waals surface area contributed by atoms with E-state index in [9.17, 15) is 9.59 Å². The topological polar surface area (TPSA) is 65.8 Å². The summed E-state index contributed by atoms with van der Waals surface area (Å²) in [6.07, 6.45) is 5.98. The molecule has 0 saturated carbocycles. The number of hydrogen-bond donors (Lipinski definition) is 1. The molecule has 0 fully saturated rings. The van der Waals surface area contributed by atoms with Gasteiger partial charge < -0.3 is 14.6 Å². The maximum Gasteiger partial charge on any atom is 0.228 e. The van der Waals surface area contributed by atoms with Gasteiger partial charge in [0.2, 0.25) is 5.91 Å². The van der Waals surface area contributed by atoms with Crippen LogP contribution in [0.2, 0.25) is 0 Å². The molecule has 1 aromatic heterocycles. The van der Waals surface area contributed by atoms with Crippen molar-refractivity contribution < 1.29 is 14.0 Å². The second-order valence-corrected chi connectivity index (χ2v) is 10.5. The number of nitrogens with zero attached hydrogens (tertiary/aromatic N) is 2. The fourth-order valence-electron chi connectivity index (χ4n) is 6.01. The molecule has 2 heterocycles. The van der Waals surface area contributed by atoms with Gasteiger partial charge >= 0.3 is 0 Å². The largest absolute Gasteiger partial charge is 0.467 e. The molecule has 39 heavy (non-hydrogen) atoms. The Hall–Kier alpha value is -3.80. The highest BCUT2D eigenvalue weighted by molar-refractivity contribution is 6.06. The summed E-state index contributed by atoms with van der Waals surface area (Å²) < 4.78 is 5.90. The smallest absolute Gasteiger partial charge is 0.228 e. The van der Waals surface area contributed by atoms with Gasteiger partial charge in [-0.15, -0.1) is 0 Å². The van der Waals surface area contributed by atoms with E-state index >= 15 is 0 Å². The second kappa shape index (κ2) is 11.9. The second-order valence-electron chi connectivity index (χ2n) is 10.5. The van der Waals surface area contributed by atoms with Gasteiger partial charge in [0, 0.05) is 42.9 Å². The van der Waals surface area contributed by atoms with Crippen molar-refractivity contribution in [2.45, 2.75) is 71.3 Å². The van der Waals surface area contributed by atoms with Gasteiger partial charge in [0.25, 0.3) is 0 Å². The van der Waals surface area contributed by atoms with Gasteiger partial charge in [-0.05, 0) is 74.6 Å². The van der Waals surface area contributed by atoms with Crippen LogP contribution >= 0.6 is 0 Å². The average Bonchev–Trinajstić information content (AvgIpc) is 3.43. The molecule has 0 radical (unpaired) electrons. The zero-order chi connectivity index (χ0) is 27.4. The van der Waals surface area contributed by atoms with Crippen molar-refractivity contribution in [1.29, 1.82) is 0 Å². The lowest BCUT2D eigenvalue weighted by atomic mass is 9.79. The van der Waals surface area contributed by atoms with Crippen LogP contribution in [0.5, 0.6) is 0 Å². The fourth-order valence-corrected chi connectivity index (χ4v) is 6.01. The number of benzene rings is 2. The van der Waals surface area contributed by atoms with Crippen molar-refractivity contribution in [2.75, 3.05) is 28.2 Å². The fraction of sp³-hybridized carbons (Fsp3) is 0.394. The van der Waals surface area contributed by atoms with Crippen LogP contribution in [0.25, 0.3) is 0 Å². The number of allylic oxidation sites excluding steroid dienone is 1. The molecule has 204 valence electrons. The number of ketones is 1. The maximum atomic E-state index is 14.0. The van der Waals surface area contributed by atoms with E-state index in [0.29, 0.717) is 30.6 Å². The summed E-state index contributed by atoms with van der Waals surface area (Å²) in [4.78, 5) is 32.0. The van der Waals surface area contributed by atoms with Gasteiger partial charge in [0.05, 0.1) is 17.6 Å². The van der Waals surface area contributed by atoms with Gasteiger partial charge in [0.1, 0.15) is 11.8 Å². The van der Waals surface area contributed by atoms with Crippen molar-refractivity contribution in [2.24, 2.45) is 0 Å². The maximum absolute atomic E-state index is 14.0. The number of anilines is 3. The minimum atomic E-state index is -0.598. The SMILES string of the molecule is CCCCCC(=O)N1c2ccccc2NC2=C(C(=O)C[C@H](c3ccc(N(CC)CC)cc3)C2)[C@H]1c1ccco1. The summed E-state index contributed by atoms with van der Waals surface area (Å²) in [5, 5.41) is 3.60. The molecule has 1 aliphatic heterocycles. The van der Waals surface area contributed by atoms with Crippen LogP contribution in [-0.2, 0) is 9.59 Å². The molecule has 0 bridgehead atoms. The lowest BCUT2D eigenvalue weighted by molar-refractivity contribution is -0.119. The highest BCUT2D eigenvalue weighted by Crippen LogP contribution is 2.47. The zero-order valence-corrected chi connectivity index (χ0v) is 23.3. The number of unbranched alkanes of at least 4 members (excludes halogenated alkanes) is 2. The van der Waals surface area contributed by atoms with Crippen molar-refractivity contribution in [3.8, 4) is 0 Å². The molecular weight excluding hydrogens is 486 g/mol. The van der Waals surface area contributed by atoms with Gasteiger partial charge in [-0.25, -0.2) is 0 Å². The Bertz CT molecular complexity index is 1320. The first-order chi connectivity index (χ1) is 19.0. The molecule has 6 nitrogen and oxygen atoms in total. The normalized spacial score (nSPS) is 18.7. The monoisotopic (exact) mass is 525 g/mol. The van der Waals surface area contributed by atoms with Crippen LogP contribution in [-0.4, -0.2) is 24.8 Å². The number of amides is 1. The van der Waals surface area contributed by atoms with E-state index in [4.69, 9.17) is 4.42 Å².